The summed E-state index contributed by atoms with van der Waals surface area (Å²) >= 11 is 0. The van der Waals surface area contributed by atoms with Crippen molar-refractivity contribution in [1.29, 1.82) is 0 Å². The molecule has 118 valence electrons. The van der Waals surface area contributed by atoms with Gasteiger partial charge in [0.1, 0.15) is 6.04 Å². The number of nitrogens with one attached hydrogen (secondary N) is 1. The molecular weight excluding hydrogens is 284 g/mol. The molecule has 1 fully saturated rings. The topological polar surface area (TPSA) is 55.1 Å². The molecule has 1 saturated carbocycles. The monoisotopic (exact) mass is 310 g/mol. The summed E-state index contributed by atoms with van der Waals surface area (Å²) in [7, 11) is 0. The van der Waals surface area contributed by atoms with Gasteiger partial charge in [0.15, 0.2) is 0 Å². The molecule has 0 heterocycles. The Hall–Kier alpha value is -1.06. The van der Waals surface area contributed by atoms with Crippen molar-refractivity contribution in [1.82, 2.24) is 5.32 Å². The van der Waals surface area contributed by atoms with Gasteiger partial charge in [0.2, 0.25) is 5.91 Å². The standard InChI is InChI=1S/C17H26N2O.ClH/c1-3-9-17(10-4-11-17)12-19-16(20)15(18)14-7-5-13(2)6-8-14;/h5-8,15H,3-4,9-12,18H2,1-2H3,(H,19,20);1H. The van der Waals surface area contributed by atoms with Gasteiger partial charge in [0.25, 0.3) is 0 Å². The molecule has 0 aromatic heterocycles. The smallest absolute Gasteiger partial charge is 0.241 e. The third-order valence-corrected chi connectivity index (χ3v) is 4.55. The Labute approximate surface area is 134 Å². The molecule has 0 aliphatic heterocycles. The van der Waals surface area contributed by atoms with Gasteiger partial charge in [-0.25, -0.2) is 0 Å². The van der Waals surface area contributed by atoms with E-state index in [2.05, 4.69) is 12.2 Å². The summed E-state index contributed by atoms with van der Waals surface area (Å²) in [6.07, 6.45) is 6.15. The van der Waals surface area contributed by atoms with Crippen LogP contribution in [0.25, 0.3) is 0 Å². The molecule has 21 heavy (non-hydrogen) atoms. The second-order valence-electron chi connectivity index (χ2n) is 6.21. The van der Waals surface area contributed by atoms with Crippen LogP contribution in [0.3, 0.4) is 0 Å². The first-order valence-corrected chi connectivity index (χ1v) is 7.66. The molecule has 1 unspecified atom stereocenters. The van der Waals surface area contributed by atoms with E-state index in [9.17, 15) is 4.79 Å². The fraction of sp³-hybridized carbons (Fsp3) is 0.588. The van der Waals surface area contributed by atoms with Crippen LogP contribution in [0.1, 0.15) is 56.2 Å². The Balaban J connectivity index is 0.00000220. The Morgan fingerprint density at radius 2 is 1.95 bits per heavy atom. The van der Waals surface area contributed by atoms with Crippen molar-refractivity contribution in [2.45, 2.75) is 52.0 Å². The summed E-state index contributed by atoms with van der Waals surface area (Å²) in [6.45, 7) is 5.01. The highest BCUT2D eigenvalue weighted by atomic mass is 35.5. The quantitative estimate of drug-likeness (QED) is 0.845. The molecular formula is C17H27ClN2O. The lowest BCUT2D eigenvalue weighted by atomic mass is 9.66. The van der Waals surface area contributed by atoms with E-state index in [0.29, 0.717) is 5.41 Å². The largest absolute Gasteiger partial charge is 0.354 e. The molecule has 1 aliphatic carbocycles. The van der Waals surface area contributed by atoms with Crippen molar-refractivity contribution in [3.05, 3.63) is 35.4 Å². The molecule has 1 aromatic carbocycles. The fourth-order valence-electron chi connectivity index (χ4n) is 3.03. The summed E-state index contributed by atoms with van der Waals surface area (Å²) < 4.78 is 0. The first kappa shape index (κ1) is 18.0. The van der Waals surface area contributed by atoms with Crippen molar-refractivity contribution in [3.8, 4) is 0 Å². The first-order chi connectivity index (χ1) is 9.56. The lowest BCUT2D eigenvalue weighted by Gasteiger charge is -2.42. The maximum atomic E-state index is 12.2. The van der Waals surface area contributed by atoms with E-state index in [1.54, 1.807) is 0 Å². The Morgan fingerprint density at radius 3 is 2.43 bits per heavy atom. The average molecular weight is 311 g/mol. The van der Waals surface area contributed by atoms with E-state index in [-0.39, 0.29) is 18.3 Å². The molecule has 1 aromatic rings. The van der Waals surface area contributed by atoms with Gasteiger partial charge in [-0.3, -0.25) is 4.79 Å². The number of aryl methyl sites for hydroxylation is 1. The number of amides is 1. The average Bonchev–Trinajstić information content (AvgIpc) is 2.41. The van der Waals surface area contributed by atoms with Gasteiger partial charge in [-0.1, -0.05) is 49.6 Å². The third-order valence-electron chi connectivity index (χ3n) is 4.55. The van der Waals surface area contributed by atoms with Crippen LogP contribution in [-0.2, 0) is 4.79 Å². The minimum Gasteiger partial charge on any atom is -0.354 e. The molecule has 1 amide bonds. The lowest BCUT2D eigenvalue weighted by Crippen LogP contribution is -2.44. The Kier molecular flexibility index (Phi) is 6.69. The van der Waals surface area contributed by atoms with Crippen molar-refractivity contribution in [3.63, 3.8) is 0 Å². The van der Waals surface area contributed by atoms with Crippen LogP contribution in [0, 0.1) is 12.3 Å². The second-order valence-corrected chi connectivity index (χ2v) is 6.21. The number of nitrogens with two attached hydrogens (primary N) is 1. The zero-order valence-electron chi connectivity index (χ0n) is 13.0. The number of benzene rings is 1. The van der Waals surface area contributed by atoms with Crippen LogP contribution in [0.15, 0.2) is 24.3 Å². The fourth-order valence-corrected chi connectivity index (χ4v) is 3.03. The van der Waals surface area contributed by atoms with Crippen molar-refractivity contribution in [2.75, 3.05) is 6.54 Å². The predicted molar refractivity (Wildman–Crippen MR) is 89.6 cm³/mol. The molecule has 4 heteroatoms. The van der Waals surface area contributed by atoms with Crippen molar-refractivity contribution >= 4 is 18.3 Å². The number of rotatable bonds is 6. The van der Waals surface area contributed by atoms with E-state index < -0.39 is 6.04 Å². The number of hydrogen-bond acceptors (Lipinski definition) is 2. The number of carbonyl (C=O) groups excluding carboxylic acids is 1. The summed E-state index contributed by atoms with van der Waals surface area (Å²) in [5.41, 5.74) is 8.44. The van der Waals surface area contributed by atoms with E-state index in [4.69, 9.17) is 5.73 Å². The van der Waals surface area contributed by atoms with Gasteiger partial charge in [-0.05, 0) is 37.2 Å². The highest BCUT2D eigenvalue weighted by molar-refractivity contribution is 5.85. The Bertz CT molecular complexity index is 454. The molecule has 0 saturated heterocycles. The number of hydrogen-bond donors (Lipinski definition) is 2. The van der Waals surface area contributed by atoms with E-state index in [1.165, 1.54) is 37.7 Å². The van der Waals surface area contributed by atoms with Gasteiger partial charge in [-0.2, -0.15) is 0 Å². The van der Waals surface area contributed by atoms with Crippen LogP contribution in [0.4, 0.5) is 0 Å². The maximum Gasteiger partial charge on any atom is 0.241 e. The second kappa shape index (κ2) is 7.81. The van der Waals surface area contributed by atoms with Crippen LogP contribution >= 0.6 is 12.4 Å². The summed E-state index contributed by atoms with van der Waals surface area (Å²) in [5.74, 6) is -0.0590. The molecule has 2 rings (SSSR count). The first-order valence-electron chi connectivity index (χ1n) is 7.66. The van der Waals surface area contributed by atoms with Gasteiger partial charge in [0, 0.05) is 6.54 Å². The number of halogens is 1. The van der Waals surface area contributed by atoms with Gasteiger partial charge in [0.05, 0.1) is 0 Å². The highest BCUT2D eigenvalue weighted by Crippen LogP contribution is 2.44. The molecule has 1 atom stereocenters. The summed E-state index contributed by atoms with van der Waals surface area (Å²) in [5, 5.41) is 3.06. The molecule has 1 aliphatic rings. The van der Waals surface area contributed by atoms with Gasteiger partial charge >= 0.3 is 0 Å². The van der Waals surface area contributed by atoms with E-state index in [1.807, 2.05) is 31.2 Å². The van der Waals surface area contributed by atoms with Gasteiger partial charge in [-0.15, -0.1) is 12.4 Å². The minimum atomic E-state index is -0.561. The van der Waals surface area contributed by atoms with E-state index >= 15 is 0 Å². The van der Waals surface area contributed by atoms with Crippen LogP contribution in [-0.4, -0.2) is 12.5 Å². The zero-order valence-corrected chi connectivity index (χ0v) is 13.8. The maximum absolute atomic E-state index is 12.2. The van der Waals surface area contributed by atoms with E-state index in [0.717, 1.165) is 12.1 Å². The van der Waals surface area contributed by atoms with Crippen LogP contribution in [0.2, 0.25) is 0 Å². The lowest BCUT2D eigenvalue weighted by molar-refractivity contribution is -0.123. The van der Waals surface area contributed by atoms with Crippen molar-refractivity contribution < 1.29 is 4.79 Å². The summed E-state index contributed by atoms with van der Waals surface area (Å²) in [6, 6.07) is 7.30. The number of carbonyl (C=O) groups is 1. The van der Waals surface area contributed by atoms with Crippen LogP contribution < -0.4 is 11.1 Å². The zero-order chi connectivity index (χ0) is 14.6. The normalized spacial score (nSPS) is 17.3. The Morgan fingerprint density at radius 1 is 1.33 bits per heavy atom. The SMILES string of the molecule is CCCC1(CNC(=O)C(N)c2ccc(C)cc2)CCC1.Cl. The highest BCUT2D eigenvalue weighted by Gasteiger charge is 2.36. The molecule has 0 bridgehead atoms. The third kappa shape index (κ3) is 4.45. The van der Waals surface area contributed by atoms with Crippen molar-refractivity contribution in [2.24, 2.45) is 11.1 Å². The molecule has 0 spiro atoms. The minimum absolute atomic E-state index is 0. The predicted octanol–water partition coefficient (Wildman–Crippen LogP) is 3.50. The molecule has 3 nitrogen and oxygen atoms in total. The molecule has 0 radical (unpaired) electrons. The van der Waals surface area contributed by atoms with Gasteiger partial charge < -0.3 is 11.1 Å². The molecule has 3 N–H and O–H groups in total. The summed E-state index contributed by atoms with van der Waals surface area (Å²) in [4.78, 5) is 12.2. The van der Waals surface area contributed by atoms with Crippen LogP contribution in [0.5, 0.6) is 0 Å².